The maximum atomic E-state index is 5.65. The van der Waals surface area contributed by atoms with Gasteiger partial charge < -0.3 is 9.15 Å². The fourth-order valence-electron chi connectivity index (χ4n) is 1.83. The summed E-state index contributed by atoms with van der Waals surface area (Å²) in [5.74, 6) is 1.09. The highest BCUT2D eigenvalue weighted by Gasteiger charge is 2.21. The van der Waals surface area contributed by atoms with E-state index < -0.39 is 0 Å². The van der Waals surface area contributed by atoms with Gasteiger partial charge in [-0.1, -0.05) is 18.2 Å². The Labute approximate surface area is 98.9 Å². The number of nitrogens with zero attached hydrogens (tertiary/aromatic N) is 2. The lowest BCUT2D eigenvalue weighted by molar-refractivity contribution is 0.142. The summed E-state index contributed by atoms with van der Waals surface area (Å²) in [5, 5.41) is 8.10. The van der Waals surface area contributed by atoms with Crippen LogP contribution in [0.15, 0.2) is 41.0 Å². The van der Waals surface area contributed by atoms with E-state index in [0.717, 1.165) is 17.5 Å². The number of ether oxygens (including phenoxy) is 1. The third-order valence-corrected chi connectivity index (χ3v) is 2.78. The molecule has 0 spiro atoms. The first-order valence-corrected chi connectivity index (χ1v) is 5.54. The van der Waals surface area contributed by atoms with Gasteiger partial charge in [0.25, 0.3) is 5.89 Å². The minimum atomic E-state index is -0.125. The molecule has 1 atom stereocenters. The molecule has 3 rings (SSSR count). The molecule has 1 aliphatic heterocycles. The number of rotatable bonds is 2. The molecule has 1 unspecified atom stereocenters. The summed E-state index contributed by atoms with van der Waals surface area (Å²) >= 11 is 0. The van der Waals surface area contributed by atoms with Crippen molar-refractivity contribution in [2.45, 2.75) is 19.4 Å². The Morgan fingerprint density at radius 2 is 2.12 bits per heavy atom. The van der Waals surface area contributed by atoms with Crippen LogP contribution in [0.2, 0.25) is 0 Å². The quantitative estimate of drug-likeness (QED) is 0.792. The Morgan fingerprint density at radius 3 is 2.88 bits per heavy atom. The first kappa shape index (κ1) is 10.1. The fraction of sp³-hybridized carbons (Fsp3) is 0.231. The van der Waals surface area contributed by atoms with Crippen molar-refractivity contribution in [1.82, 2.24) is 10.2 Å². The van der Waals surface area contributed by atoms with Gasteiger partial charge in [0.2, 0.25) is 5.89 Å². The van der Waals surface area contributed by atoms with Crippen LogP contribution in [-0.2, 0) is 4.74 Å². The van der Waals surface area contributed by atoms with E-state index in [9.17, 15) is 0 Å². The van der Waals surface area contributed by atoms with E-state index in [2.05, 4.69) is 10.2 Å². The molecule has 0 N–H and O–H groups in total. The van der Waals surface area contributed by atoms with E-state index in [4.69, 9.17) is 9.15 Å². The summed E-state index contributed by atoms with van der Waals surface area (Å²) in [5.41, 5.74) is 2.09. The van der Waals surface area contributed by atoms with E-state index in [1.807, 2.05) is 37.3 Å². The third-order valence-electron chi connectivity index (χ3n) is 2.78. The lowest BCUT2D eigenvalue weighted by Gasteiger charge is -2.03. The van der Waals surface area contributed by atoms with Gasteiger partial charge >= 0.3 is 0 Å². The van der Waals surface area contributed by atoms with Crippen molar-refractivity contribution in [3.8, 4) is 11.5 Å². The van der Waals surface area contributed by atoms with Gasteiger partial charge in [-0.15, -0.1) is 10.2 Å². The third kappa shape index (κ3) is 1.82. The summed E-state index contributed by atoms with van der Waals surface area (Å²) in [6.07, 6.45) is 4.28. The van der Waals surface area contributed by atoms with Gasteiger partial charge in [0.1, 0.15) is 0 Å². The van der Waals surface area contributed by atoms with Crippen LogP contribution in [0.3, 0.4) is 0 Å². The van der Waals surface area contributed by atoms with Crippen LogP contribution < -0.4 is 0 Å². The Kier molecular flexibility index (Phi) is 2.40. The summed E-state index contributed by atoms with van der Waals surface area (Å²) in [6.45, 7) is 2.02. The fourth-order valence-corrected chi connectivity index (χ4v) is 1.83. The van der Waals surface area contributed by atoms with E-state index in [-0.39, 0.29) is 6.10 Å². The van der Waals surface area contributed by atoms with Crippen molar-refractivity contribution >= 4 is 0 Å². The van der Waals surface area contributed by atoms with Crippen molar-refractivity contribution in [1.29, 1.82) is 0 Å². The zero-order valence-electron chi connectivity index (χ0n) is 9.46. The predicted molar refractivity (Wildman–Crippen MR) is 62.1 cm³/mol. The second-order valence-electron chi connectivity index (χ2n) is 3.99. The molecule has 1 aromatic heterocycles. The largest absolute Gasteiger partial charge is 0.488 e. The second kappa shape index (κ2) is 4.05. The smallest absolute Gasteiger partial charge is 0.257 e. The molecule has 4 heteroatoms. The summed E-state index contributed by atoms with van der Waals surface area (Å²) in [7, 11) is 0. The van der Waals surface area contributed by atoms with Crippen LogP contribution in [0, 0.1) is 6.92 Å². The Morgan fingerprint density at radius 1 is 1.24 bits per heavy atom. The molecule has 0 radical (unpaired) electrons. The van der Waals surface area contributed by atoms with Gasteiger partial charge in [-0.05, 0) is 24.6 Å². The Balaban J connectivity index is 1.92. The first-order valence-electron chi connectivity index (χ1n) is 5.54. The van der Waals surface area contributed by atoms with Crippen LogP contribution in [0.4, 0.5) is 0 Å². The number of benzene rings is 1. The summed E-state index contributed by atoms with van der Waals surface area (Å²) in [4.78, 5) is 0. The minimum absolute atomic E-state index is 0.125. The van der Waals surface area contributed by atoms with Crippen molar-refractivity contribution in [3.05, 3.63) is 48.1 Å². The molecule has 86 valence electrons. The molecule has 0 bridgehead atoms. The van der Waals surface area contributed by atoms with E-state index >= 15 is 0 Å². The standard InChI is InChI=1S/C13H12N2O2/c1-9-5-2-3-6-10(9)12-14-15-13(17-12)11-7-4-8-16-11/h2-6,8,11H,7H2,1H3. The van der Waals surface area contributed by atoms with Crippen molar-refractivity contribution in [2.75, 3.05) is 0 Å². The summed E-state index contributed by atoms with van der Waals surface area (Å²) < 4.78 is 11.0. The molecule has 0 amide bonds. The van der Waals surface area contributed by atoms with Gasteiger partial charge in [-0.25, -0.2) is 0 Å². The van der Waals surface area contributed by atoms with Crippen LogP contribution in [-0.4, -0.2) is 10.2 Å². The first-order chi connectivity index (χ1) is 8.34. The molecule has 17 heavy (non-hydrogen) atoms. The molecule has 0 fully saturated rings. The minimum Gasteiger partial charge on any atom is -0.488 e. The van der Waals surface area contributed by atoms with E-state index in [1.165, 1.54) is 0 Å². The highest BCUT2D eigenvalue weighted by atomic mass is 16.5. The van der Waals surface area contributed by atoms with Crippen molar-refractivity contribution < 1.29 is 9.15 Å². The highest BCUT2D eigenvalue weighted by Crippen LogP contribution is 2.29. The molecule has 1 aromatic carbocycles. The topological polar surface area (TPSA) is 48.2 Å². The molecule has 2 aromatic rings. The molecule has 0 saturated heterocycles. The Hall–Kier alpha value is -2.10. The zero-order chi connectivity index (χ0) is 11.7. The van der Waals surface area contributed by atoms with Gasteiger partial charge in [0.05, 0.1) is 6.26 Å². The molecule has 2 heterocycles. The van der Waals surface area contributed by atoms with Gasteiger partial charge in [0.15, 0.2) is 6.10 Å². The maximum absolute atomic E-state index is 5.65. The van der Waals surface area contributed by atoms with E-state index in [1.54, 1.807) is 6.26 Å². The molecule has 0 aliphatic carbocycles. The number of hydrogen-bond acceptors (Lipinski definition) is 4. The van der Waals surface area contributed by atoms with Crippen LogP contribution >= 0.6 is 0 Å². The average molecular weight is 228 g/mol. The summed E-state index contributed by atoms with van der Waals surface area (Å²) in [6, 6.07) is 7.94. The van der Waals surface area contributed by atoms with Crippen LogP contribution in [0.25, 0.3) is 11.5 Å². The van der Waals surface area contributed by atoms with Crippen LogP contribution in [0.1, 0.15) is 24.0 Å². The number of hydrogen-bond donors (Lipinski definition) is 0. The molecule has 1 aliphatic rings. The SMILES string of the molecule is Cc1ccccc1-c1nnc(C2CC=CO2)o1. The lowest BCUT2D eigenvalue weighted by Crippen LogP contribution is -1.94. The number of aryl methyl sites for hydroxylation is 1. The molecule has 4 nitrogen and oxygen atoms in total. The van der Waals surface area contributed by atoms with Crippen molar-refractivity contribution in [2.24, 2.45) is 0 Å². The molecular weight excluding hydrogens is 216 g/mol. The van der Waals surface area contributed by atoms with Gasteiger partial charge in [-0.3, -0.25) is 0 Å². The van der Waals surface area contributed by atoms with Crippen molar-refractivity contribution in [3.63, 3.8) is 0 Å². The van der Waals surface area contributed by atoms with Crippen LogP contribution in [0.5, 0.6) is 0 Å². The Bertz CT molecular complexity index is 552. The molecule has 0 saturated carbocycles. The zero-order valence-corrected chi connectivity index (χ0v) is 9.46. The maximum Gasteiger partial charge on any atom is 0.257 e. The lowest BCUT2D eigenvalue weighted by atomic mass is 10.1. The molecular formula is C13H12N2O2. The predicted octanol–water partition coefficient (Wildman–Crippen LogP) is 3.02. The second-order valence-corrected chi connectivity index (χ2v) is 3.99. The monoisotopic (exact) mass is 228 g/mol. The number of aromatic nitrogens is 2. The van der Waals surface area contributed by atoms with E-state index in [0.29, 0.717) is 11.8 Å². The van der Waals surface area contributed by atoms with Gasteiger partial charge in [-0.2, -0.15) is 0 Å². The highest BCUT2D eigenvalue weighted by molar-refractivity contribution is 5.57. The normalized spacial score (nSPS) is 18.3. The average Bonchev–Trinajstić information content (AvgIpc) is 3.00. The van der Waals surface area contributed by atoms with Gasteiger partial charge in [0, 0.05) is 12.0 Å².